The summed E-state index contributed by atoms with van der Waals surface area (Å²) >= 11 is 0. The number of hydrogen-bond acceptors (Lipinski definition) is 2. The molecule has 1 aromatic carbocycles. The SMILES string of the molecule is Cn1nc(N)c2cc[c]cc21. The summed E-state index contributed by atoms with van der Waals surface area (Å²) in [5.41, 5.74) is 6.65. The molecule has 2 rings (SSSR count). The maximum absolute atomic E-state index is 5.63. The molecule has 55 valence electrons. The van der Waals surface area contributed by atoms with E-state index >= 15 is 0 Å². The van der Waals surface area contributed by atoms with Gasteiger partial charge in [-0.3, -0.25) is 4.68 Å². The van der Waals surface area contributed by atoms with Gasteiger partial charge in [0.25, 0.3) is 0 Å². The normalized spacial score (nSPS) is 10.6. The first-order valence-corrected chi connectivity index (χ1v) is 3.37. The molecule has 0 amide bonds. The quantitative estimate of drug-likeness (QED) is 0.601. The van der Waals surface area contributed by atoms with Crippen molar-refractivity contribution in [2.24, 2.45) is 7.05 Å². The molecule has 0 fully saturated rings. The molecular weight excluding hydrogens is 138 g/mol. The van der Waals surface area contributed by atoms with Gasteiger partial charge >= 0.3 is 0 Å². The van der Waals surface area contributed by atoms with Gasteiger partial charge in [-0.1, -0.05) is 6.07 Å². The van der Waals surface area contributed by atoms with E-state index in [2.05, 4.69) is 11.2 Å². The second-order valence-electron chi connectivity index (χ2n) is 2.45. The van der Waals surface area contributed by atoms with Crippen LogP contribution in [-0.4, -0.2) is 9.78 Å². The third-order valence-electron chi connectivity index (χ3n) is 1.72. The van der Waals surface area contributed by atoms with Crippen LogP contribution >= 0.6 is 0 Å². The van der Waals surface area contributed by atoms with Crippen molar-refractivity contribution in [3.8, 4) is 0 Å². The molecule has 0 atom stereocenters. The van der Waals surface area contributed by atoms with Crippen molar-refractivity contribution < 1.29 is 0 Å². The van der Waals surface area contributed by atoms with E-state index in [1.54, 1.807) is 4.68 Å². The van der Waals surface area contributed by atoms with E-state index in [-0.39, 0.29) is 0 Å². The lowest BCUT2D eigenvalue weighted by Crippen LogP contribution is -1.90. The summed E-state index contributed by atoms with van der Waals surface area (Å²) in [7, 11) is 1.87. The zero-order chi connectivity index (χ0) is 7.84. The smallest absolute Gasteiger partial charge is 0.153 e. The van der Waals surface area contributed by atoms with Gasteiger partial charge in [0.05, 0.1) is 5.52 Å². The van der Waals surface area contributed by atoms with Gasteiger partial charge in [-0.05, 0) is 18.2 Å². The largest absolute Gasteiger partial charge is 0.382 e. The van der Waals surface area contributed by atoms with E-state index in [1.165, 1.54) is 0 Å². The zero-order valence-electron chi connectivity index (χ0n) is 6.20. The summed E-state index contributed by atoms with van der Waals surface area (Å²) < 4.78 is 1.75. The van der Waals surface area contributed by atoms with E-state index in [9.17, 15) is 0 Å². The van der Waals surface area contributed by atoms with Crippen LogP contribution in [0.4, 0.5) is 5.82 Å². The Morgan fingerprint density at radius 1 is 1.64 bits per heavy atom. The van der Waals surface area contributed by atoms with Gasteiger partial charge in [-0.15, -0.1) is 0 Å². The molecule has 2 aromatic rings. The molecule has 0 unspecified atom stereocenters. The van der Waals surface area contributed by atoms with Gasteiger partial charge in [-0.25, -0.2) is 0 Å². The monoisotopic (exact) mass is 146 g/mol. The van der Waals surface area contributed by atoms with Crippen molar-refractivity contribution in [1.82, 2.24) is 9.78 Å². The summed E-state index contributed by atoms with van der Waals surface area (Å²) in [5, 5.41) is 5.06. The maximum atomic E-state index is 5.63. The molecule has 3 nitrogen and oxygen atoms in total. The lowest BCUT2D eigenvalue weighted by atomic mass is 10.2. The Bertz CT molecular complexity index is 353. The molecule has 1 heterocycles. The lowest BCUT2D eigenvalue weighted by Gasteiger charge is -1.89. The van der Waals surface area contributed by atoms with Gasteiger partial charge < -0.3 is 5.73 Å². The molecule has 0 aliphatic carbocycles. The Morgan fingerprint density at radius 3 is 3.18 bits per heavy atom. The fraction of sp³-hybridized carbons (Fsp3) is 0.125. The van der Waals surface area contributed by atoms with Crippen molar-refractivity contribution in [3.63, 3.8) is 0 Å². The Hall–Kier alpha value is -1.51. The Labute approximate surface area is 64.4 Å². The van der Waals surface area contributed by atoms with Crippen LogP contribution in [0, 0.1) is 6.07 Å². The zero-order valence-corrected chi connectivity index (χ0v) is 6.20. The average molecular weight is 146 g/mol. The van der Waals surface area contributed by atoms with Crippen molar-refractivity contribution in [1.29, 1.82) is 0 Å². The first-order chi connectivity index (χ1) is 5.29. The fourth-order valence-electron chi connectivity index (χ4n) is 1.18. The van der Waals surface area contributed by atoms with Crippen LogP contribution in [0.5, 0.6) is 0 Å². The molecule has 11 heavy (non-hydrogen) atoms. The fourth-order valence-corrected chi connectivity index (χ4v) is 1.18. The van der Waals surface area contributed by atoms with Crippen LogP contribution in [0.3, 0.4) is 0 Å². The molecule has 0 bridgehead atoms. The minimum Gasteiger partial charge on any atom is -0.382 e. The highest BCUT2D eigenvalue weighted by molar-refractivity contribution is 5.88. The van der Waals surface area contributed by atoms with Crippen molar-refractivity contribution in [3.05, 3.63) is 24.3 Å². The van der Waals surface area contributed by atoms with Crippen LogP contribution < -0.4 is 5.73 Å². The maximum Gasteiger partial charge on any atom is 0.153 e. The molecule has 0 aliphatic rings. The number of aromatic nitrogens is 2. The highest BCUT2D eigenvalue weighted by Gasteiger charge is 2.01. The molecule has 0 aliphatic heterocycles. The highest BCUT2D eigenvalue weighted by atomic mass is 15.3. The van der Waals surface area contributed by atoms with Gasteiger partial charge in [-0.2, -0.15) is 5.10 Å². The van der Waals surface area contributed by atoms with E-state index in [0.29, 0.717) is 5.82 Å². The van der Waals surface area contributed by atoms with Crippen molar-refractivity contribution in [2.75, 3.05) is 5.73 Å². The van der Waals surface area contributed by atoms with Crippen LogP contribution in [0.15, 0.2) is 18.2 Å². The third kappa shape index (κ3) is 0.774. The lowest BCUT2D eigenvalue weighted by molar-refractivity contribution is 0.802. The summed E-state index contributed by atoms with van der Waals surface area (Å²) in [4.78, 5) is 0. The number of hydrogen-bond donors (Lipinski definition) is 1. The molecule has 0 spiro atoms. The van der Waals surface area contributed by atoms with Crippen LogP contribution in [0.1, 0.15) is 0 Å². The molecule has 0 saturated carbocycles. The van der Waals surface area contributed by atoms with E-state index in [4.69, 9.17) is 5.73 Å². The molecule has 0 saturated heterocycles. The topological polar surface area (TPSA) is 43.8 Å². The van der Waals surface area contributed by atoms with Gasteiger partial charge in [0.1, 0.15) is 0 Å². The summed E-state index contributed by atoms with van der Waals surface area (Å²) in [5.74, 6) is 0.580. The minimum atomic E-state index is 0.580. The molecular formula is C8H8N3. The number of anilines is 1. The van der Waals surface area contributed by atoms with Gasteiger partial charge in [0.2, 0.25) is 0 Å². The predicted molar refractivity (Wildman–Crippen MR) is 44.0 cm³/mol. The minimum absolute atomic E-state index is 0.580. The van der Waals surface area contributed by atoms with Crippen molar-refractivity contribution >= 4 is 16.7 Å². The van der Waals surface area contributed by atoms with Crippen LogP contribution in [-0.2, 0) is 7.05 Å². The molecule has 3 heteroatoms. The van der Waals surface area contributed by atoms with E-state index in [1.807, 2.05) is 25.2 Å². The van der Waals surface area contributed by atoms with Gasteiger partial charge in [0, 0.05) is 12.4 Å². The Kier molecular flexibility index (Phi) is 1.12. The van der Waals surface area contributed by atoms with Crippen molar-refractivity contribution in [2.45, 2.75) is 0 Å². The standard InChI is InChI=1S/C8H8N3/c1-11-7-5-3-2-4-6(7)8(9)10-11/h2,4-5H,1H3,(H2,9,10). The highest BCUT2D eigenvalue weighted by Crippen LogP contribution is 2.17. The summed E-state index contributed by atoms with van der Waals surface area (Å²) in [6.45, 7) is 0. The van der Waals surface area contributed by atoms with E-state index < -0.39 is 0 Å². The third-order valence-corrected chi connectivity index (χ3v) is 1.72. The number of benzene rings is 1. The Balaban J connectivity index is 2.95. The first kappa shape index (κ1) is 6.22. The number of nitrogens with zero attached hydrogens (tertiary/aromatic N) is 2. The number of rotatable bonds is 0. The predicted octanol–water partition coefficient (Wildman–Crippen LogP) is 0.956. The summed E-state index contributed by atoms with van der Waals surface area (Å²) in [6, 6.07) is 8.59. The molecule has 1 radical (unpaired) electrons. The van der Waals surface area contributed by atoms with Gasteiger partial charge in [0.15, 0.2) is 5.82 Å². The number of aryl methyl sites for hydroxylation is 1. The average Bonchev–Trinajstić information content (AvgIpc) is 2.30. The second kappa shape index (κ2) is 1.99. The second-order valence-corrected chi connectivity index (χ2v) is 2.45. The Morgan fingerprint density at radius 2 is 2.45 bits per heavy atom. The van der Waals surface area contributed by atoms with E-state index in [0.717, 1.165) is 10.9 Å². The summed E-state index contributed by atoms with van der Waals surface area (Å²) in [6.07, 6.45) is 0. The van der Waals surface area contributed by atoms with Crippen LogP contribution in [0.25, 0.3) is 10.9 Å². The molecule has 2 N–H and O–H groups in total. The van der Waals surface area contributed by atoms with Crippen LogP contribution in [0.2, 0.25) is 0 Å². The number of nitrogen functional groups attached to an aromatic ring is 1. The molecule has 1 aromatic heterocycles. The number of fused-ring (bicyclic) bond motifs is 1. The number of nitrogens with two attached hydrogens (primary N) is 1. The first-order valence-electron chi connectivity index (χ1n) is 3.37.